The second-order valence-electron chi connectivity index (χ2n) is 5.80. The fourth-order valence-electron chi connectivity index (χ4n) is 2.60. The highest BCUT2D eigenvalue weighted by molar-refractivity contribution is 5.94. The minimum absolute atomic E-state index is 0.114. The van der Waals surface area contributed by atoms with E-state index in [-0.39, 0.29) is 5.91 Å². The number of aryl methyl sites for hydroxylation is 2. The number of para-hydroxylation sites is 1. The minimum Gasteiger partial charge on any atom is -0.492 e. The maximum atomic E-state index is 12.2. The van der Waals surface area contributed by atoms with Crippen LogP contribution in [0.1, 0.15) is 21.7 Å². The van der Waals surface area contributed by atoms with Crippen LogP contribution in [-0.4, -0.2) is 28.8 Å². The van der Waals surface area contributed by atoms with Crippen molar-refractivity contribution in [3.63, 3.8) is 0 Å². The van der Waals surface area contributed by atoms with E-state index < -0.39 is 0 Å². The fraction of sp³-hybridized carbons (Fsp3) is 0.200. The number of hydrogen-bond donors (Lipinski definition) is 1. The summed E-state index contributed by atoms with van der Waals surface area (Å²) >= 11 is 0. The van der Waals surface area contributed by atoms with Crippen LogP contribution in [0.3, 0.4) is 0 Å². The molecule has 0 aliphatic carbocycles. The Morgan fingerprint density at radius 2 is 1.80 bits per heavy atom. The molecule has 1 aromatic heterocycles. The molecule has 0 aliphatic rings. The third kappa shape index (κ3) is 4.26. The zero-order valence-corrected chi connectivity index (χ0v) is 14.4. The van der Waals surface area contributed by atoms with Gasteiger partial charge in [-0.05, 0) is 56.3 Å². The Hall–Kier alpha value is -3.08. The molecule has 0 fully saturated rings. The molecule has 0 saturated heterocycles. The number of aromatic nitrogens is 2. The van der Waals surface area contributed by atoms with Crippen molar-refractivity contribution in [2.24, 2.45) is 0 Å². The van der Waals surface area contributed by atoms with Gasteiger partial charge >= 0.3 is 0 Å². The Morgan fingerprint density at radius 1 is 1.08 bits per heavy atom. The van der Waals surface area contributed by atoms with Gasteiger partial charge in [0.1, 0.15) is 12.4 Å². The summed E-state index contributed by atoms with van der Waals surface area (Å²) in [6, 6.07) is 19.0. The maximum absolute atomic E-state index is 12.2. The van der Waals surface area contributed by atoms with Crippen LogP contribution in [0.2, 0.25) is 0 Å². The van der Waals surface area contributed by atoms with Crippen molar-refractivity contribution in [1.82, 2.24) is 15.1 Å². The van der Waals surface area contributed by atoms with Crippen molar-refractivity contribution < 1.29 is 9.53 Å². The van der Waals surface area contributed by atoms with E-state index in [2.05, 4.69) is 10.4 Å². The van der Waals surface area contributed by atoms with E-state index in [1.54, 1.807) is 12.1 Å². The summed E-state index contributed by atoms with van der Waals surface area (Å²) in [5.74, 6) is 0.683. The lowest BCUT2D eigenvalue weighted by atomic mass is 10.2. The SMILES string of the molecule is Cc1cc(C)n(-c2ccc(C(=O)NCCOc3ccccc3)cc2)n1. The first-order chi connectivity index (χ1) is 12.1. The highest BCUT2D eigenvalue weighted by atomic mass is 16.5. The Labute approximate surface area is 147 Å². The highest BCUT2D eigenvalue weighted by Gasteiger charge is 2.07. The lowest BCUT2D eigenvalue weighted by Gasteiger charge is -2.09. The third-order valence-corrected chi connectivity index (χ3v) is 3.78. The van der Waals surface area contributed by atoms with Gasteiger partial charge < -0.3 is 10.1 Å². The Kier molecular flexibility index (Phi) is 5.14. The zero-order chi connectivity index (χ0) is 17.6. The monoisotopic (exact) mass is 335 g/mol. The van der Waals surface area contributed by atoms with Crippen LogP contribution in [0.4, 0.5) is 0 Å². The predicted molar refractivity (Wildman–Crippen MR) is 97.3 cm³/mol. The van der Waals surface area contributed by atoms with Crippen molar-refractivity contribution >= 4 is 5.91 Å². The van der Waals surface area contributed by atoms with Crippen molar-refractivity contribution in [3.05, 3.63) is 77.6 Å². The predicted octanol–water partition coefficient (Wildman–Crippen LogP) is 3.30. The molecule has 3 aromatic rings. The first kappa shape index (κ1) is 16.8. The van der Waals surface area contributed by atoms with E-state index >= 15 is 0 Å². The first-order valence-electron chi connectivity index (χ1n) is 8.23. The molecule has 3 rings (SSSR count). The summed E-state index contributed by atoms with van der Waals surface area (Å²) in [4.78, 5) is 12.2. The second kappa shape index (κ2) is 7.66. The van der Waals surface area contributed by atoms with E-state index in [1.165, 1.54) is 0 Å². The number of carbonyl (C=O) groups is 1. The van der Waals surface area contributed by atoms with E-state index in [4.69, 9.17) is 4.74 Å². The Bertz CT molecular complexity index is 839. The van der Waals surface area contributed by atoms with Gasteiger partial charge in [0.15, 0.2) is 0 Å². The number of ether oxygens (including phenoxy) is 1. The van der Waals surface area contributed by atoms with Crippen LogP contribution >= 0.6 is 0 Å². The van der Waals surface area contributed by atoms with E-state index in [1.807, 2.05) is 67.1 Å². The van der Waals surface area contributed by atoms with Gasteiger partial charge in [0.05, 0.1) is 17.9 Å². The summed E-state index contributed by atoms with van der Waals surface area (Å²) in [6.07, 6.45) is 0. The van der Waals surface area contributed by atoms with Gasteiger partial charge in [-0.15, -0.1) is 0 Å². The summed E-state index contributed by atoms with van der Waals surface area (Å²) in [6.45, 7) is 4.85. The molecule has 1 N–H and O–H groups in total. The second-order valence-corrected chi connectivity index (χ2v) is 5.80. The molecule has 1 amide bonds. The standard InChI is InChI=1S/C20H21N3O2/c1-15-14-16(2)23(22-15)18-10-8-17(9-11-18)20(24)21-12-13-25-19-6-4-3-5-7-19/h3-11,14H,12-13H2,1-2H3,(H,21,24). The van der Waals surface area contributed by atoms with Gasteiger partial charge in [-0.2, -0.15) is 5.10 Å². The zero-order valence-electron chi connectivity index (χ0n) is 14.4. The van der Waals surface area contributed by atoms with Crippen LogP contribution in [-0.2, 0) is 0 Å². The van der Waals surface area contributed by atoms with Crippen molar-refractivity contribution in [2.45, 2.75) is 13.8 Å². The molecule has 25 heavy (non-hydrogen) atoms. The number of hydrogen-bond acceptors (Lipinski definition) is 3. The van der Waals surface area contributed by atoms with Gasteiger partial charge in [-0.1, -0.05) is 18.2 Å². The molecule has 2 aromatic carbocycles. The lowest BCUT2D eigenvalue weighted by molar-refractivity contribution is 0.0947. The normalized spacial score (nSPS) is 10.5. The molecule has 0 aliphatic heterocycles. The summed E-state index contributed by atoms with van der Waals surface area (Å²) in [7, 11) is 0. The van der Waals surface area contributed by atoms with Gasteiger partial charge in [-0.3, -0.25) is 4.79 Å². The van der Waals surface area contributed by atoms with Gasteiger partial charge in [0.25, 0.3) is 5.91 Å². The van der Waals surface area contributed by atoms with E-state index in [0.29, 0.717) is 18.7 Å². The molecule has 0 bridgehead atoms. The Balaban J connectivity index is 1.53. The van der Waals surface area contributed by atoms with Crippen LogP contribution in [0.5, 0.6) is 5.75 Å². The highest BCUT2D eigenvalue weighted by Crippen LogP contribution is 2.13. The quantitative estimate of drug-likeness (QED) is 0.703. The molecule has 0 unspecified atom stereocenters. The number of benzene rings is 2. The molecule has 1 heterocycles. The Morgan fingerprint density at radius 3 is 2.44 bits per heavy atom. The smallest absolute Gasteiger partial charge is 0.251 e. The molecule has 128 valence electrons. The topological polar surface area (TPSA) is 56.2 Å². The summed E-state index contributed by atoms with van der Waals surface area (Å²) in [5.41, 5.74) is 3.59. The third-order valence-electron chi connectivity index (χ3n) is 3.78. The number of carbonyl (C=O) groups excluding carboxylic acids is 1. The maximum Gasteiger partial charge on any atom is 0.251 e. The number of nitrogens with zero attached hydrogens (tertiary/aromatic N) is 2. The van der Waals surface area contributed by atoms with E-state index in [0.717, 1.165) is 22.8 Å². The van der Waals surface area contributed by atoms with Crippen LogP contribution in [0, 0.1) is 13.8 Å². The molecule has 5 heteroatoms. The molecule has 0 saturated carbocycles. The molecular weight excluding hydrogens is 314 g/mol. The molecule has 0 radical (unpaired) electrons. The average Bonchev–Trinajstić information content (AvgIpc) is 2.98. The summed E-state index contributed by atoms with van der Waals surface area (Å²) in [5, 5.41) is 7.30. The molecular formula is C20H21N3O2. The van der Waals surface area contributed by atoms with Crippen LogP contribution in [0.25, 0.3) is 5.69 Å². The number of rotatable bonds is 6. The molecule has 0 spiro atoms. The van der Waals surface area contributed by atoms with Crippen LogP contribution < -0.4 is 10.1 Å². The number of amides is 1. The minimum atomic E-state index is -0.114. The molecule has 0 atom stereocenters. The largest absolute Gasteiger partial charge is 0.492 e. The fourth-order valence-corrected chi connectivity index (χ4v) is 2.60. The average molecular weight is 335 g/mol. The van der Waals surface area contributed by atoms with E-state index in [9.17, 15) is 4.79 Å². The van der Waals surface area contributed by atoms with Gasteiger partial charge in [0, 0.05) is 11.3 Å². The van der Waals surface area contributed by atoms with Crippen molar-refractivity contribution in [2.75, 3.05) is 13.2 Å². The van der Waals surface area contributed by atoms with Crippen LogP contribution in [0.15, 0.2) is 60.7 Å². The van der Waals surface area contributed by atoms with Gasteiger partial charge in [-0.25, -0.2) is 4.68 Å². The molecule has 5 nitrogen and oxygen atoms in total. The number of nitrogens with one attached hydrogen (secondary N) is 1. The first-order valence-corrected chi connectivity index (χ1v) is 8.23. The van der Waals surface area contributed by atoms with Gasteiger partial charge in [0.2, 0.25) is 0 Å². The van der Waals surface area contributed by atoms with Crippen molar-refractivity contribution in [1.29, 1.82) is 0 Å². The lowest BCUT2D eigenvalue weighted by Crippen LogP contribution is -2.28. The summed E-state index contributed by atoms with van der Waals surface area (Å²) < 4.78 is 7.42. The van der Waals surface area contributed by atoms with Crippen molar-refractivity contribution in [3.8, 4) is 11.4 Å².